The Morgan fingerprint density at radius 2 is 1.66 bits per heavy atom. The van der Waals surface area contributed by atoms with Gasteiger partial charge in [-0.1, -0.05) is 55.2 Å². The van der Waals surface area contributed by atoms with E-state index in [9.17, 15) is 19.8 Å². The average Bonchev–Trinajstić information content (AvgIpc) is 3.15. The number of benzene rings is 3. The van der Waals surface area contributed by atoms with E-state index >= 15 is 0 Å². The number of amides is 1. The van der Waals surface area contributed by atoms with Crippen molar-refractivity contribution in [3.8, 4) is 17.2 Å². The number of methoxy groups -OCH3 is 1. The zero-order chi connectivity index (χ0) is 27.7. The van der Waals surface area contributed by atoms with Gasteiger partial charge in [0, 0.05) is 11.3 Å². The molecule has 1 aliphatic heterocycles. The molecule has 3 aromatic rings. The Morgan fingerprint density at radius 3 is 2.21 bits per heavy atom. The summed E-state index contributed by atoms with van der Waals surface area (Å²) in [4.78, 5) is 28.2. The summed E-state index contributed by atoms with van der Waals surface area (Å²) in [5.41, 5.74) is 1.96. The van der Waals surface area contributed by atoms with Gasteiger partial charge in [0.2, 0.25) is 0 Å². The fourth-order valence-corrected chi connectivity index (χ4v) is 5.09. The van der Waals surface area contributed by atoms with Crippen LogP contribution in [0.15, 0.2) is 60.2 Å². The van der Waals surface area contributed by atoms with Crippen molar-refractivity contribution < 1.29 is 29.3 Å². The molecular formula is C29H27Cl2NO6. The summed E-state index contributed by atoms with van der Waals surface area (Å²) in [5, 5.41) is 21.9. The molecule has 1 amide bonds. The summed E-state index contributed by atoms with van der Waals surface area (Å²) in [5.74, 6) is -1.58. The Morgan fingerprint density at radius 1 is 1.03 bits per heavy atom. The van der Waals surface area contributed by atoms with Crippen molar-refractivity contribution in [1.29, 1.82) is 0 Å². The molecule has 1 atom stereocenters. The highest BCUT2D eigenvalue weighted by atomic mass is 35.5. The van der Waals surface area contributed by atoms with Gasteiger partial charge in [-0.25, -0.2) is 0 Å². The predicted molar refractivity (Wildman–Crippen MR) is 148 cm³/mol. The van der Waals surface area contributed by atoms with Crippen molar-refractivity contribution in [3.63, 3.8) is 0 Å². The van der Waals surface area contributed by atoms with Crippen LogP contribution in [0.25, 0.3) is 5.76 Å². The summed E-state index contributed by atoms with van der Waals surface area (Å²) in [6, 6.07) is 13.6. The van der Waals surface area contributed by atoms with Crippen LogP contribution in [0.1, 0.15) is 49.4 Å². The lowest BCUT2D eigenvalue weighted by Crippen LogP contribution is -2.29. The van der Waals surface area contributed by atoms with E-state index in [0.29, 0.717) is 11.3 Å². The second-order valence-electron chi connectivity index (χ2n) is 9.05. The maximum Gasteiger partial charge on any atom is 0.300 e. The van der Waals surface area contributed by atoms with Crippen LogP contribution in [0, 0.1) is 0 Å². The number of aliphatic hydroxyl groups excluding tert-OH is 1. The molecule has 3 aromatic carbocycles. The zero-order valence-electron chi connectivity index (χ0n) is 21.3. The molecule has 0 spiro atoms. The van der Waals surface area contributed by atoms with Crippen LogP contribution in [0.5, 0.6) is 17.2 Å². The Bertz CT molecular complexity index is 1410. The fourth-order valence-electron chi connectivity index (χ4n) is 4.45. The SMILES string of the molecule is CCOc1cc(C2/C(=C(\O)c3cc(Cl)c(OC)c(Cl)c3)C(=O)C(=O)N2c2ccc(C(C)C)cc2)ccc1O. The number of carbonyl (C=O) groups excluding carboxylic acids is 2. The minimum absolute atomic E-state index is 0.0949. The lowest BCUT2D eigenvalue weighted by molar-refractivity contribution is -0.132. The Hall–Kier alpha value is -3.68. The largest absolute Gasteiger partial charge is 0.507 e. The number of hydrogen-bond acceptors (Lipinski definition) is 6. The van der Waals surface area contributed by atoms with Crippen molar-refractivity contribution >= 4 is 46.3 Å². The number of hydrogen-bond donors (Lipinski definition) is 2. The van der Waals surface area contributed by atoms with Gasteiger partial charge in [0.1, 0.15) is 5.76 Å². The molecule has 7 nitrogen and oxygen atoms in total. The fraction of sp³-hybridized carbons (Fsp3) is 0.241. The Balaban J connectivity index is 1.96. The normalized spacial score (nSPS) is 16.8. The first-order valence-corrected chi connectivity index (χ1v) is 12.7. The molecule has 1 aliphatic rings. The highest BCUT2D eigenvalue weighted by Gasteiger charge is 2.47. The minimum Gasteiger partial charge on any atom is -0.507 e. The van der Waals surface area contributed by atoms with Gasteiger partial charge in [0.25, 0.3) is 11.7 Å². The number of anilines is 1. The quantitative estimate of drug-likeness (QED) is 0.188. The van der Waals surface area contributed by atoms with E-state index in [1.165, 1.54) is 30.2 Å². The first-order chi connectivity index (χ1) is 18.1. The van der Waals surface area contributed by atoms with Crippen molar-refractivity contribution in [2.24, 2.45) is 0 Å². The lowest BCUT2D eigenvalue weighted by Gasteiger charge is -2.26. The van der Waals surface area contributed by atoms with Crippen LogP contribution >= 0.6 is 23.2 Å². The van der Waals surface area contributed by atoms with Gasteiger partial charge in [-0.05, 0) is 60.4 Å². The molecule has 0 radical (unpaired) electrons. The van der Waals surface area contributed by atoms with Crippen LogP contribution in [-0.2, 0) is 9.59 Å². The summed E-state index contributed by atoms with van der Waals surface area (Å²) in [6.45, 7) is 6.17. The summed E-state index contributed by atoms with van der Waals surface area (Å²) < 4.78 is 10.7. The van der Waals surface area contributed by atoms with Crippen molar-refractivity contribution in [1.82, 2.24) is 0 Å². The molecule has 38 heavy (non-hydrogen) atoms. The first-order valence-electron chi connectivity index (χ1n) is 12.0. The van der Waals surface area contributed by atoms with Crippen LogP contribution in [0.3, 0.4) is 0 Å². The third kappa shape index (κ3) is 4.91. The smallest absolute Gasteiger partial charge is 0.300 e. The third-order valence-corrected chi connectivity index (χ3v) is 6.92. The third-order valence-electron chi connectivity index (χ3n) is 6.36. The molecule has 9 heteroatoms. The second kappa shape index (κ2) is 11.0. The Kier molecular flexibility index (Phi) is 7.90. The van der Waals surface area contributed by atoms with Gasteiger partial charge in [-0.15, -0.1) is 0 Å². The molecule has 0 aromatic heterocycles. The van der Waals surface area contributed by atoms with E-state index in [2.05, 4.69) is 13.8 Å². The average molecular weight is 556 g/mol. The van der Waals surface area contributed by atoms with Crippen LogP contribution in [0.4, 0.5) is 5.69 Å². The number of ether oxygens (including phenoxy) is 2. The molecule has 1 unspecified atom stereocenters. The molecule has 0 aliphatic carbocycles. The van der Waals surface area contributed by atoms with Gasteiger partial charge in [0.05, 0.1) is 35.4 Å². The highest BCUT2D eigenvalue weighted by molar-refractivity contribution is 6.51. The summed E-state index contributed by atoms with van der Waals surface area (Å²) >= 11 is 12.6. The highest BCUT2D eigenvalue weighted by Crippen LogP contribution is 2.45. The molecule has 1 heterocycles. The topological polar surface area (TPSA) is 96.3 Å². The number of ketones is 1. The van der Waals surface area contributed by atoms with Crippen molar-refractivity contribution in [2.75, 3.05) is 18.6 Å². The molecule has 1 fully saturated rings. The number of phenols is 1. The second-order valence-corrected chi connectivity index (χ2v) is 9.86. The maximum atomic E-state index is 13.5. The molecular weight excluding hydrogens is 529 g/mol. The number of aromatic hydroxyl groups is 1. The van der Waals surface area contributed by atoms with Gasteiger partial charge < -0.3 is 19.7 Å². The zero-order valence-corrected chi connectivity index (χ0v) is 22.8. The van der Waals surface area contributed by atoms with Gasteiger partial charge in [0.15, 0.2) is 17.2 Å². The standard InChI is InChI=1S/C29H27Cl2NO6/c1-5-38-23-14-17(8-11-22(23)33)25-24(26(34)18-12-20(30)28(37-4)21(31)13-18)27(35)29(36)32(25)19-9-6-16(7-10-19)15(2)3/h6-15,25,33-34H,5H2,1-4H3/b26-24+. The Labute approximate surface area is 230 Å². The number of Topliss-reactive ketones (excluding diaryl/α,β-unsaturated/α-hetero) is 1. The predicted octanol–water partition coefficient (Wildman–Crippen LogP) is 6.86. The van der Waals surface area contributed by atoms with E-state index in [4.69, 9.17) is 32.7 Å². The van der Waals surface area contributed by atoms with Gasteiger partial charge >= 0.3 is 0 Å². The molecule has 0 saturated carbocycles. The monoisotopic (exact) mass is 555 g/mol. The van der Waals surface area contributed by atoms with Crippen LogP contribution in [-0.4, -0.2) is 35.6 Å². The maximum absolute atomic E-state index is 13.5. The van der Waals surface area contributed by atoms with Crippen molar-refractivity contribution in [3.05, 3.63) is 86.9 Å². The van der Waals surface area contributed by atoms with Crippen LogP contribution in [0.2, 0.25) is 10.0 Å². The number of nitrogens with zero attached hydrogens (tertiary/aromatic N) is 1. The number of rotatable bonds is 7. The summed E-state index contributed by atoms with van der Waals surface area (Å²) in [6.07, 6.45) is 0. The minimum atomic E-state index is -1.03. The van der Waals surface area contributed by atoms with Gasteiger partial charge in [-0.3, -0.25) is 14.5 Å². The molecule has 1 saturated heterocycles. The van der Waals surface area contributed by atoms with E-state index in [0.717, 1.165) is 5.56 Å². The summed E-state index contributed by atoms with van der Waals surface area (Å²) in [7, 11) is 1.41. The number of aliphatic hydroxyl groups is 1. The van der Waals surface area contributed by atoms with E-state index in [1.807, 2.05) is 12.1 Å². The molecule has 2 N–H and O–H groups in total. The van der Waals surface area contributed by atoms with Crippen LogP contribution < -0.4 is 14.4 Å². The van der Waals surface area contributed by atoms with Crippen molar-refractivity contribution in [2.45, 2.75) is 32.7 Å². The van der Waals surface area contributed by atoms with Gasteiger partial charge in [-0.2, -0.15) is 0 Å². The molecule has 0 bridgehead atoms. The molecule has 198 valence electrons. The number of carbonyl (C=O) groups is 2. The first kappa shape index (κ1) is 27.4. The van der Waals surface area contributed by atoms with E-state index < -0.39 is 23.5 Å². The number of phenolic OH excluding ortho intramolecular Hbond substituents is 1. The van der Waals surface area contributed by atoms with E-state index in [-0.39, 0.29) is 51.0 Å². The number of halogens is 2. The lowest BCUT2D eigenvalue weighted by atomic mass is 9.94. The molecule has 4 rings (SSSR count). The van der Waals surface area contributed by atoms with E-state index in [1.54, 1.807) is 31.2 Å².